The average molecular weight is 406 g/mol. The number of aryl methyl sites for hydroxylation is 1. The van der Waals surface area contributed by atoms with Crippen LogP contribution in [0.3, 0.4) is 0 Å². The van der Waals surface area contributed by atoms with Gasteiger partial charge in [0.2, 0.25) is 0 Å². The number of nitrogens with zero attached hydrogens (tertiary/aromatic N) is 4. The van der Waals surface area contributed by atoms with E-state index in [9.17, 15) is 14.9 Å². The highest BCUT2D eigenvalue weighted by atomic mass is 16.6. The van der Waals surface area contributed by atoms with Crippen LogP contribution in [-0.4, -0.2) is 26.2 Å². The highest BCUT2D eigenvalue weighted by molar-refractivity contribution is 5.89. The number of non-ortho nitro benzene ring substituents is 1. The van der Waals surface area contributed by atoms with E-state index in [0.29, 0.717) is 17.0 Å². The Morgan fingerprint density at radius 1 is 1.10 bits per heavy atom. The van der Waals surface area contributed by atoms with Crippen LogP contribution in [0.15, 0.2) is 63.5 Å². The molecule has 0 N–H and O–H groups in total. The molecule has 10 heteroatoms. The number of carbonyl (C=O) groups is 1. The third-order valence-electron chi connectivity index (χ3n) is 4.23. The Balaban J connectivity index is 1.48. The molecule has 30 heavy (non-hydrogen) atoms. The lowest BCUT2D eigenvalue weighted by Crippen LogP contribution is -2.05. The third kappa shape index (κ3) is 3.78. The van der Waals surface area contributed by atoms with Crippen molar-refractivity contribution in [2.75, 3.05) is 0 Å². The van der Waals surface area contributed by atoms with Crippen molar-refractivity contribution >= 4 is 11.7 Å². The normalized spacial score (nSPS) is 10.7. The van der Waals surface area contributed by atoms with Gasteiger partial charge < -0.3 is 13.7 Å². The lowest BCUT2D eigenvalue weighted by atomic mass is 10.1. The van der Waals surface area contributed by atoms with E-state index in [1.54, 1.807) is 6.92 Å². The number of hydrogen-bond donors (Lipinski definition) is 0. The molecule has 2 aromatic heterocycles. The Morgan fingerprint density at radius 3 is 2.53 bits per heavy atom. The van der Waals surface area contributed by atoms with Crippen molar-refractivity contribution in [3.63, 3.8) is 0 Å². The van der Waals surface area contributed by atoms with E-state index in [0.717, 1.165) is 5.56 Å². The van der Waals surface area contributed by atoms with Crippen LogP contribution in [0.5, 0.6) is 0 Å². The van der Waals surface area contributed by atoms with Crippen molar-refractivity contribution in [3.05, 3.63) is 81.9 Å². The first-order valence-electron chi connectivity index (χ1n) is 8.79. The lowest BCUT2D eigenvalue weighted by Gasteiger charge is -2.01. The van der Waals surface area contributed by atoms with Crippen LogP contribution in [-0.2, 0) is 11.3 Å². The zero-order chi connectivity index (χ0) is 21.1. The first-order valence-corrected chi connectivity index (χ1v) is 8.79. The van der Waals surface area contributed by atoms with Crippen molar-refractivity contribution in [2.45, 2.75) is 13.5 Å². The van der Waals surface area contributed by atoms with Gasteiger partial charge in [-0.1, -0.05) is 35.5 Å². The summed E-state index contributed by atoms with van der Waals surface area (Å²) in [5.74, 6) is 0.108. The highest BCUT2D eigenvalue weighted by Gasteiger charge is 2.22. The summed E-state index contributed by atoms with van der Waals surface area (Å²) in [5.41, 5.74) is 1.99. The maximum absolute atomic E-state index is 12.1. The van der Waals surface area contributed by atoms with E-state index in [2.05, 4.69) is 15.4 Å². The number of nitro benzene ring substituents is 1. The molecule has 0 atom stereocenters. The molecule has 150 valence electrons. The number of benzene rings is 2. The molecule has 0 spiro atoms. The Kier molecular flexibility index (Phi) is 5.04. The van der Waals surface area contributed by atoms with Crippen LogP contribution in [0.2, 0.25) is 0 Å². The largest absolute Gasteiger partial charge is 0.452 e. The first kappa shape index (κ1) is 19.0. The summed E-state index contributed by atoms with van der Waals surface area (Å²) < 4.78 is 16.1. The summed E-state index contributed by atoms with van der Waals surface area (Å²) in [6.07, 6.45) is 0. The summed E-state index contributed by atoms with van der Waals surface area (Å²) in [5, 5.41) is 22.7. The fourth-order valence-electron chi connectivity index (χ4n) is 2.76. The Bertz CT molecular complexity index is 1200. The maximum Gasteiger partial charge on any atom is 0.338 e. The van der Waals surface area contributed by atoms with Gasteiger partial charge in [-0.3, -0.25) is 10.1 Å². The lowest BCUT2D eigenvalue weighted by molar-refractivity contribution is -0.384. The molecule has 0 fully saturated rings. The molecule has 0 bridgehead atoms. The van der Waals surface area contributed by atoms with Crippen LogP contribution in [0, 0.1) is 17.0 Å². The predicted octanol–water partition coefficient (Wildman–Crippen LogP) is 3.97. The summed E-state index contributed by atoms with van der Waals surface area (Å²) in [7, 11) is 0. The molecule has 0 saturated carbocycles. The minimum absolute atomic E-state index is 0.0832. The van der Waals surface area contributed by atoms with Crippen molar-refractivity contribution in [3.8, 4) is 22.7 Å². The number of nitro groups is 1. The standard InChI is InChI=1S/C20H14N4O6/c1-12-17(18(23-30-12)13-5-3-2-4-6-13)19-22-21-16(29-19)11-28-20(25)14-7-9-15(10-8-14)24(26)27/h2-10H,11H2,1H3. The molecule has 4 aromatic rings. The average Bonchev–Trinajstić information content (AvgIpc) is 3.39. The van der Waals surface area contributed by atoms with Crippen molar-refractivity contribution in [1.82, 2.24) is 15.4 Å². The van der Waals surface area contributed by atoms with Gasteiger partial charge >= 0.3 is 5.97 Å². The van der Waals surface area contributed by atoms with Gasteiger partial charge in [-0.25, -0.2) is 4.79 Å². The van der Waals surface area contributed by atoms with E-state index in [-0.39, 0.29) is 29.6 Å². The van der Waals surface area contributed by atoms with E-state index < -0.39 is 10.9 Å². The molecule has 2 aromatic carbocycles. The Morgan fingerprint density at radius 2 is 1.83 bits per heavy atom. The number of ether oxygens (including phenoxy) is 1. The van der Waals surface area contributed by atoms with Gasteiger partial charge in [0.05, 0.1) is 10.5 Å². The second-order valence-electron chi connectivity index (χ2n) is 6.21. The number of hydrogen-bond acceptors (Lipinski definition) is 9. The van der Waals surface area contributed by atoms with E-state index in [1.165, 1.54) is 24.3 Å². The number of carbonyl (C=O) groups excluding carboxylic acids is 1. The second kappa shape index (κ2) is 7.95. The molecule has 0 aliphatic carbocycles. The van der Waals surface area contributed by atoms with Gasteiger partial charge in [-0.2, -0.15) is 0 Å². The fraction of sp³-hybridized carbons (Fsp3) is 0.100. The smallest absolute Gasteiger partial charge is 0.338 e. The molecule has 0 aliphatic heterocycles. The van der Waals surface area contributed by atoms with Gasteiger partial charge in [0.15, 0.2) is 6.61 Å². The SMILES string of the molecule is Cc1onc(-c2ccccc2)c1-c1nnc(COC(=O)c2ccc([N+](=O)[O-])cc2)o1. The number of aromatic nitrogens is 3. The molecular weight excluding hydrogens is 392 g/mol. The maximum atomic E-state index is 12.1. The van der Waals surface area contributed by atoms with Crippen LogP contribution >= 0.6 is 0 Å². The predicted molar refractivity (Wildman–Crippen MR) is 102 cm³/mol. The first-order chi connectivity index (χ1) is 14.5. The Labute approximate surface area is 169 Å². The topological polar surface area (TPSA) is 134 Å². The summed E-state index contributed by atoms with van der Waals surface area (Å²) in [6, 6.07) is 14.5. The molecule has 2 heterocycles. The molecule has 0 aliphatic rings. The van der Waals surface area contributed by atoms with Crippen LogP contribution in [0.1, 0.15) is 22.0 Å². The highest BCUT2D eigenvalue weighted by Crippen LogP contribution is 2.33. The van der Waals surface area contributed by atoms with E-state index >= 15 is 0 Å². The van der Waals surface area contributed by atoms with Gasteiger partial charge in [0.1, 0.15) is 17.0 Å². The van der Waals surface area contributed by atoms with Gasteiger partial charge in [-0.05, 0) is 19.1 Å². The second-order valence-corrected chi connectivity index (χ2v) is 6.21. The van der Waals surface area contributed by atoms with Crippen molar-refractivity contribution < 1.29 is 23.4 Å². The quantitative estimate of drug-likeness (QED) is 0.265. The van der Waals surface area contributed by atoms with Gasteiger partial charge in [-0.15, -0.1) is 10.2 Å². The zero-order valence-electron chi connectivity index (χ0n) is 15.6. The summed E-state index contributed by atoms with van der Waals surface area (Å²) in [6.45, 7) is 1.47. The van der Waals surface area contributed by atoms with E-state index in [4.69, 9.17) is 13.7 Å². The molecule has 0 radical (unpaired) electrons. The molecule has 0 unspecified atom stereocenters. The van der Waals surface area contributed by atoms with Crippen LogP contribution in [0.25, 0.3) is 22.7 Å². The van der Waals surface area contributed by atoms with Crippen LogP contribution in [0.4, 0.5) is 5.69 Å². The molecule has 4 rings (SSSR count). The zero-order valence-corrected chi connectivity index (χ0v) is 15.6. The van der Waals surface area contributed by atoms with Crippen molar-refractivity contribution in [2.24, 2.45) is 0 Å². The van der Waals surface area contributed by atoms with Gasteiger partial charge in [0.25, 0.3) is 17.5 Å². The van der Waals surface area contributed by atoms with Crippen molar-refractivity contribution in [1.29, 1.82) is 0 Å². The minimum Gasteiger partial charge on any atom is -0.452 e. The monoisotopic (exact) mass is 406 g/mol. The molecule has 0 saturated heterocycles. The van der Waals surface area contributed by atoms with E-state index in [1.807, 2.05) is 30.3 Å². The molecule has 0 amide bonds. The Hall–Kier alpha value is -4.34. The summed E-state index contributed by atoms with van der Waals surface area (Å²) in [4.78, 5) is 22.3. The van der Waals surface area contributed by atoms with Crippen LogP contribution < -0.4 is 0 Å². The third-order valence-corrected chi connectivity index (χ3v) is 4.23. The number of esters is 1. The molecule has 10 nitrogen and oxygen atoms in total. The fourth-order valence-corrected chi connectivity index (χ4v) is 2.76. The van der Waals surface area contributed by atoms with Gasteiger partial charge in [0, 0.05) is 17.7 Å². The summed E-state index contributed by atoms with van der Waals surface area (Å²) >= 11 is 0. The molecular formula is C20H14N4O6. The number of rotatable bonds is 6. The minimum atomic E-state index is -0.671.